The topological polar surface area (TPSA) is 0 Å². The van der Waals surface area contributed by atoms with E-state index in [1.165, 1.54) is 0 Å². The van der Waals surface area contributed by atoms with Crippen molar-refractivity contribution in [3.63, 3.8) is 0 Å². The standard InChI is InChI=1S/C108H6/c1-3-5-7-9-11-13-15-17-19-21-23-25-27-29-31-33-35-37-39-41-43-45-47-49-51-53-55-57-59-61-63-65-67-69-71-73-75-77-79-81-83-85-87-89-91-93-95-97-99-101-103-105-107-108-106-104-102-100-98-96-94-92-90-88-86-84-82-80-78-76-74-72-70-68-66-64-62-60-58-56-54-52-50-48-46-44-42-40-38-36-34-32-30-28-26-24-22-20-18-16-14-12-10-8-6-4-2/h1-2H3. The van der Waals surface area contributed by atoms with Crippen LogP contribution in [0, 0.1) is 628 Å². The minimum atomic E-state index is 1.68. The van der Waals surface area contributed by atoms with E-state index < -0.39 is 0 Å². The van der Waals surface area contributed by atoms with E-state index in [9.17, 15) is 0 Å². The van der Waals surface area contributed by atoms with Crippen molar-refractivity contribution in [3.8, 4) is 628 Å². The van der Waals surface area contributed by atoms with Gasteiger partial charge >= 0.3 is 0 Å². The summed E-state index contributed by atoms with van der Waals surface area (Å²) in [5.41, 5.74) is 0. The molecule has 0 amide bonds. The normalized spacial score (nSPS) is 3.98. The van der Waals surface area contributed by atoms with E-state index in [4.69, 9.17) is 0 Å². The highest BCUT2D eigenvalue weighted by atomic mass is 13.7. The molecule has 438 valence electrons. The van der Waals surface area contributed by atoms with Crippen LogP contribution >= 0.6 is 0 Å². The first-order valence-corrected chi connectivity index (χ1v) is 27.2. The van der Waals surface area contributed by atoms with Crippen LogP contribution in [-0.4, -0.2) is 0 Å². The van der Waals surface area contributed by atoms with Gasteiger partial charge in [0.05, 0.1) is 0 Å². The Bertz CT molecular complexity index is 7190. The van der Waals surface area contributed by atoms with E-state index in [0.29, 0.717) is 0 Å². The zero-order valence-electron chi connectivity index (χ0n) is 55.0. The van der Waals surface area contributed by atoms with E-state index >= 15 is 0 Å². The summed E-state index contributed by atoms with van der Waals surface area (Å²) in [5, 5.41) is 0. The zero-order valence-corrected chi connectivity index (χ0v) is 55.0. The van der Waals surface area contributed by atoms with Gasteiger partial charge in [0.2, 0.25) is 0 Å². The number of hydrogen-bond acceptors (Lipinski definition) is 0. The van der Waals surface area contributed by atoms with Crippen molar-refractivity contribution in [2.75, 3.05) is 0 Å². The Hall–Kier alpha value is -23.3. The lowest BCUT2D eigenvalue weighted by Gasteiger charge is -1.58. The second kappa shape index (κ2) is 83.7. The fourth-order valence-electron chi connectivity index (χ4n) is 3.31. The molecular weight excluding hydrogens is 1300 g/mol. The molecule has 0 fully saturated rings. The van der Waals surface area contributed by atoms with E-state index in [1.807, 2.05) is 0 Å². The van der Waals surface area contributed by atoms with Crippen LogP contribution in [0.3, 0.4) is 0 Å². The lowest BCUT2D eigenvalue weighted by atomic mass is 10.4. The highest BCUT2D eigenvalue weighted by molar-refractivity contribution is 5.56. The average molecular weight is 1300 g/mol. The Labute approximate surface area is 637 Å². The van der Waals surface area contributed by atoms with Crippen LogP contribution in [-0.2, 0) is 0 Å². The summed E-state index contributed by atoms with van der Waals surface area (Å²) >= 11 is 0. The molecule has 0 aliphatic heterocycles. The molecule has 0 aromatic carbocycles. The van der Waals surface area contributed by atoms with Gasteiger partial charge in [-0.25, -0.2) is 0 Å². The Balaban J connectivity index is 4.64. The monoisotopic (exact) mass is 1300 g/mol. The molecule has 0 heterocycles. The fraction of sp³-hybridized carbons (Fsp3) is 0.0185. The Kier molecular flexibility index (Phi) is 65.6. The Morgan fingerprint density at radius 3 is 0.102 bits per heavy atom. The predicted octanol–water partition coefficient (Wildman–Crippen LogP) is 1.21. The molecule has 0 aromatic rings. The van der Waals surface area contributed by atoms with E-state index in [1.54, 1.807) is 13.8 Å². The van der Waals surface area contributed by atoms with Crippen molar-refractivity contribution in [3.05, 3.63) is 0 Å². The van der Waals surface area contributed by atoms with Crippen LogP contribution in [0.25, 0.3) is 0 Å². The first-order valence-electron chi connectivity index (χ1n) is 27.2. The number of hydrogen-bond donors (Lipinski definition) is 0. The fourth-order valence-corrected chi connectivity index (χ4v) is 3.31. The third-order valence-electron chi connectivity index (χ3n) is 6.69. The van der Waals surface area contributed by atoms with Crippen molar-refractivity contribution < 1.29 is 0 Å². The minimum Gasteiger partial charge on any atom is -0.0925 e. The molecular formula is C108H6. The highest BCUT2D eigenvalue weighted by Gasteiger charge is 1.68. The highest BCUT2D eigenvalue weighted by Crippen LogP contribution is 1.68. The Morgan fingerprint density at radius 2 is 0.0741 bits per heavy atom. The summed E-state index contributed by atoms with van der Waals surface area (Å²) in [7, 11) is 0. The molecule has 0 aliphatic carbocycles. The molecule has 0 atom stereocenters. The van der Waals surface area contributed by atoms with Crippen LogP contribution < -0.4 is 0 Å². The van der Waals surface area contributed by atoms with Crippen molar-refractivity contribution in [2.24, 2.45) is 0 Å². The first-order chi connectivity index (χ1) is 53.9. The summed E-state index contributed by atoms with van der Waals surface area (Å²) in [5.74, 6) is 266. The third kappa shape index (κ3) is 82.7. The SMILES string of the molecule is CC#CC#CC#CC#CC#CC#CC#CC#CC#CC#CC#CC#CC#CC#CC#CC#CC#CC#CC#CC#CC#CC#CC#CC#CC#CC#CC#CC#CC#CC#CC#CC#CC#CC#CC#CC#CC#CC#CC#CC#CC#CC#CC#CC#CC#CC#CC#CC#CC#CC#CC#CC#CC#CC. The average Bonchev–Trinajstić information content (AvgIpc) is 3.89. The Morgan fingerprint density at radius 1 is 0.0463 bits per heavy atom. The van der Waals surface area contributed by atoms with E-state index in [-0.39, 0.29) is 0 Å². The molecule has 0 spiro atoms. The largest absolute Gasteiger partial charge is 0.0925 e. The summed E-state index contributed by atoms with van der Waals surface area (Å²) < 4.78 is 0. The van der Waals surface area contributed by atoms with Gasteiger partial charge in [-0.05, 0) is 109 Å². The zero-order chi connectivity index (χ0) is 77.0. The lowest BCUT2D eigenvalue weighted by molar-refractivity contribution is 1.92. The molecule has 0 nitrogen and oxygen atoms in total. The quantitative estimate of drug-likeness (QED) is 0.321. The van der Waals surface area contributed by atoms with Gasteiger partial charge in [-0.1, -0.05) is 11.8 Å². The van der Waals surface area contributed by atoms with Gasteiger partial charge in [0.15, 0.2) is 0 Å². The minimum absolute atomic E-state index is 1.68. The maximum absolute atomic E-state index is 2.63. The van der Waals surface area contributed by atoms with E-state index in [2.05, 4.69) is 628 Å². The van der Waals surface area contributed by atoms with E-state index in [0.717, 1.165) is 0 Å². The van der Waals surface area contributed by atoms with Crippen molar-refractivity contribution in [1.82, 2.24) is 0 Å². The van der Waals surface area contributed by atoms with Gasteiger partial charge in [-0.3, -0.25) is 0 Å². The van der Waals surface area contributed by atoms with Gasteiger partial charge in [0.25, 0.3) is 0 Å². The summed E-state index contributed by atoms with van der Waals surface area (Å²) in [6, 6.07) is 0. The second-order valence-electron chi connectivity index (χ2n) is 13.5. The van der Waals surface area contributed by atoms with Gasteiger partial charge in [-0.15, -0.1) is 0 Å². The molecule has 0 saturated heterocycles. The summed E-state index contributed by atoms with van der Waals surface area (Å²) in [6.45, 7) is 3.36. The van der Waals surface area contributed by atoms with Crippen LogP contribution in [0.4, 0.5) is 0 Å². The van der Waals surface area contributed by atoms with Crippen molar-refractivity contribution in [2.45, 2.75) is 13.8 Å². The van der Waals surface area contributed by atoms with Crippen LogP contribution in [0.1, 0.15) is 13.8 Å². The predicted molar refractivity (Wildman–Crippen MR) is 423 cm³/mol. The molecule has 0 unspecified atom stereocenters. The van der Waals surface area contributed by atoms with Crippen LogP contribution in [0.2, 0.25) is 0 Å². The third-order valence-corrected chi connectivity index (χ3v) is 6.69. The molecule has 0 aromatic heterocycles. The van der Waals surface area contributed by atoms with Crippen molar-refractivity contribution >= 4 is 0 Å². The molecule has 0 aliphatic rings. The van der Waals surface area contributed by atoms with Gasteiger partial charge in [0, 0.05) is 521 Å². The molecule has 0 radical (unpaired) electrons. The summed E-state index contributed by atoms with van der Waals surface area (Å²) in [6.07, 6.45) is 0. The maximum atomic E-state index is 2.63. The first kappa shape index (κ1) is 84.7. The molecule has 0 heteroatoms. The van der Waals surface area contributed by atoms with Crippen molar-refractivity contribution in [1.29, 1.82) is 0 Å². The second-order valence-corrected chi connectivity index (χ2v) is 13.5. The van der Waals surface area contributed by atoms with Gasteiger partial charge < -0.3 is 0 Å². The van der Waals surface area contributed by atoms with Gasteiger partial charge in [0.1, 0.15) is 0 Å². The summed E-state index contributed by atoms with van der Waals surface area (Å²) in [4.78, 5) is 0. The van der Waals surface area contributed by atoms with Gasteiger partial charge in [-0.2, -0.15) is 0 Å². The molecule has 0 saturated carbocycles. The maximum Gasteiger partial charge on any atom is 0 e. The molecule has 0 rings (SSSR count). The number of rotatable bonds is 0. The molecule has 0 bridgehead atoms. The smallest absolute Gasteiger partial charge is 0 e. The van der Waals surface area contributed by atoms with Crippen LogP contribution in [0.15, 0.2) is 0 Å². The molecule has 0 N–H and O–H groups in total. The lowest BCUT2D eigenvalue weighted by Crippen LogP contribution is -1.57. The van der Waals surface area contributed by atoms with Crippen LogP contribution in [0.5, 0.6) is 0 Å². The molecule has 108 heavy (non-hydrogen) atoms.